The molecule has 0 atom stereocenters. The molecule has 2 aromatic rings. The maximum absolute atomic E-state index is 11.7. The van der Waals surface area contributed by atoms with E-state index in [0.717, 1.165) is 10.0 Å². The predicted molar refractivity (Wildman–Crippen MR) is 88.4 cm³/mol. The molecule has 0 heterocycles. The highest BCUT2D eigenvalue weighted by atomic mass is 79.9. The molecule has 0 bridgehead atoms. The number of amides is 2. The monoisotopic (exact) mass is 361 g/mol. The van der Waals surface area contributed by atoms with Gasteiger partial charge in [-0.1, -0.05) is 28.1 Å². The first-order valence-electron chi connectivity index (χ1n) is 6.29. The quantitative estimate of drug-likeness (QED) is 0.633. The van der Waals surface area contributed by atoms with Crippen LogP contribution < -0.4 is 10.6 Å². The summed E-state index contributed by atoms with van der Waals surface area (Å²) >= 11 is 3.36. The Balaban J connectivity index is 1.89. The van der Waals surface area contributed by atoms with Gasteiger partial charge in [-0.15, -0.1) is 0 Å². The van der Waals surface area contributed by atoms with Gasteiger partial charge in [-0.25, -0.2) is 4.79 Å². The lowest BCUT2D eigenvalue weighted by Gasteiger charge is -2.04. The van der Waals surface area contributed by atoms with E-state index < -0.39 is 11.0 Å². The van der Waals surface area contributed by atoms with Crippen LogP contribution in [0.5, 0.6) is 0 Å². The van der Waals surface area contributed by atoms with E-state index in [1.54, 1.807) is 6.08 Å². The molecule has 0 spiro atoms. The number of rotatable bonds is 4. The Morgan fingerprint density at radius 1 is 1.18 bits per heavy atom. The molecule has 0 aromatic heterocycles. The number of hydrogen-bond donors (Lipinski definition) is 2. The van der Waals surface area contributed by atoms with Gasteiger partial charge < -0.3 is 10.6 Å². The number of carbonyl (C=O) groups excluding carboxylic acids is 1. The number of urea groups is 1. The number of nitrogens with one attached hydrogen (secondary N) is 2. The van der Waals surface area contributed by atoms with Crippen molar-refractivity contribution in [1.82, 2.24) is 5.32 Å². The number of halogens is 1. The summed E-state index contributed by atoms with van der Waals surface area (Å²) in [5.41, 5.74) is 1.38. The SMILES string of the molecule is O=C(N/C=C/c1cccc(Br)c1)Nc1ccc([N+](=O)[O-])cc1. The third-order valence-corrected chi connectivity index (χ3v) is 3.17. The number of nitrogens with zero attached hydrogens (tertiary/aromatic N) is 1. The van der Waals surface area contributed by atoms with Gasteiger partial charge in [0.05, 0.1) is 4.92 Å². The first-order chi connectivity index (χ1) is 10.5. The van der Waals surface area contributed by atoms with Crippen LogP contribution >= 0.6 is 15.9 Å². The third-order valence-electron chi connectivity index (χ3n) is 2.67. The molecule has 0 saturated carbocycles. The van der Waals surface area contributed by atoms with Crippen LogP contribution in [0.15, 0.2) is 59.2 Å². The number of anilines is 1. The highest BCUT2D eigenvalue weighted by Crippen LogP contribution is 2.15. The standard InChI is InChI=1S/C15H12BrN3O3/c16-12-3-1-2-11(10-12)8-9-17-15(20)18-13-4-6-14(7-5-13)19(21)22/h1-10H,(H2,17,18,20)/b9-8+. The first-order valence-corrected chi connectivity index (χ1v) is 7.08. The molecule has 0 unspecified atom stereocenters. The van der Waals surface area contributed by atoms with Crippen molar-refractivity contribution < 1.29 is 9.72 Å². The summed E-state index contributed by atoms with van der Waals surface area (Å²) in [6.07, 6.45) is 3.27. The van der Waals surface area contributed by atoms with Crippen LogP contribution in [0.4, 0.5) is 16.2 Å². The second kappa shape index (κ2) is 7.37. The van der Waals surface area contributed by atoms with Gasteiger partial charge in [0.15, 0.2) is 0 Å². The van der Waals surface area contributed by atoms with Crippen LogP contribution in [0.25, 0.3) is 6.08 Å². The zero-order chi connectivity index (χ0) is 15.9. The van der Waals surface area contributed by atoms with Crippen molar-refractivity contribution >= 4 is 39.4 Å². The Bertz CT molecular complexity index is 714. The first kappa shape index (κ1) is 15.7. The lowest BCUT2D eigenvalue weighted by Crippen LogP contribution is -2.23. The van der Waals surface area contributed by atoms with Crippen LogP contribution in [0.3, 0.4) is 0 Å². The van der Waals surface area contributed by atoms with E-state index in [-0.39, 0.29) is 5.69 Å². The average Bonchev–Trinajstić information content (AvgIpc) is 2.48. The highest BCUT2D eigenvalue weighted by Gasteiger charge is 2.05. The summed E-state index contributed by atoms with van der Waals surface area (Å²) in [5, 5.41) is 15.7. The topological polar surface area (TPSA) is 84.3 Å². The molecule has 0 saturated heterocycles. The van der Waals surface area contributed by atoms with Gasteiger partial charge in [0.1, 0.15) is 0 Å². The Hall–Kier alpha value is -2.67. The minimum absolute atomic E-state index is 0.0273. The largest absolute Gasteiger partial charge is 0.323 e. The summed E-state index contributed by atoms with van der Waals surface area (Å²) in [6.45, 7) is 0. The van der Waals surface area contributed by atoms with Crippen LogP contribution in [0, 0.1) is 10.1 Å². The molecule has 2 amide bonds. The van der Waals surface area contributed by atoms with E-state index in [9.17, 15) is 14.9 Å². The molecule has 2 aromatic carbocycles. The number of nitro benzene ring substituents is 1. The number of non-ortho nitro benzene ring substituents is 1. The van der Waals surface area contributed by atoms with Crippen molar-refractivity contribution in [3.05, 3.63) is 74.9 Å². The van der Waals surface area contributed by atoms with Gasteiger partial charge in [0.25, 0.3) is 5.69 Å². The maximum atomic E-state index is 11.7. The zero-order valence-corrected chi connectivity index (χ0v) is 12.9. The van der Waals surface area contributed by atoms with E-state index >= 15 is 0 Å². The molecule has 22 heavy (non-hydrogen) atoms. The van der Waals surface area contributed by atoms with Gasteiger partial charge in [0, 0.05) is 28.5 Å². The van der Waals surface area contributed by atoms with Crippen molar-refractivity contribution in [3.63, 3.8) is 0 Å². The van der Waals surface area contributed by atoms with Crippen molar-refractivity contribution in [2.75, 3.05) is 5.32 Å². The molecule has 0 aliphatic carbocycles. The molecular formula is C15H12BrN3O3. The minimum Gasteiger partial charge on any atom is -0.314 e. The Morgan fingerprint density at radius 2 is 1.91 bits per heavy atom. The predicted octanol–water partition coefficient (Wildman–Crippen LogP) is 4.15. The van der Waals surface area contributed by atoms with E-state index in [1.165, 1.54) is 30.5 Å². The zero-order valence-electron chi connectivity index (χ0n) is 11.3. The lowest BCUT2D eigenvalue weighted by molar-refractivity contribution is -0.384. The van der Waals surface area contributed by atoms with Crippen molar-refractivity contribution in [2.24, 2.45) is 0 Å². The fourth-order valence-electron chi connectivity index (χ4n) is 1.66. The Morgan fingerprint density at radius 3 is 2.55 bits per heavy atom. The van der Waals surface area contributed by atoms with E-state index in [4.69, 9.17) is 0 Å². The van der Waals surface area contributed by atoms with Gasteiger partial charge >= 0.3 is 6.03 Å². The van der Waals surface area contributed by atoms with Crippen LogP contribution in [-0.4, -0.2) is 11.0 Å². The molecular weight excluding hydrogens is 350 g/mol. The summed E-state index contributed by atoms with van der Waals surface area (Å²) in [7, 11) is 0. The Labute approximate surface area is 135 Å². The second-order valence-electron chi connectivity index (χ2n) is 4.29. The van der Waals surface area contributed by atoms with Crippen LogP contribution in [0.1, 0.15) is 5.56 Å². The summed E-state index contributed by atoms with van der Waals surface area (Å²) < 4.78 is 0.949. The lowest BCUT2D eigenvalue weighted by atomic mass is 10.2. The van der Waals surface area contributed by atoms with Crippen molar-refractivity contribution in [1.29, 1.82) is 0 Å². The molecule has 0 fully saturated rings. The van der Waals surface area contributed by atoms with E-state index in [1.807, 2.05) is 24.3 Å². The van der Waals surface area contributed by atoms with Gasteiger partial charge in [0.2, 0.25) is 0 Å². The maximum Gasteiger partial charge on any atom is 0.323 e. The van der Waals surface area contributed by atoms with Gasteiger partial charge in [-0.3, -0.25) is 10.1 Å². The smallest absolute Gasteiger partial charge is 0.314 e. The molecule has 7 heteroatoms. The van der Waals surface area contributed by atoms with Crippen molar-refractivity contribution in [3.8, 4) is 0 Å². The number of carbonyl (C=O) groups is 1. The summed E-state index contributed by atoms with van der Waals surface area (Å²) in [6, 6.07) is 12.8. The molecule has 112 valence electrons. The third kappa shape index (κ3) is 4.71. The molecule has 6 nitrogen and oxygen atoms in total. The van der Waals surface area contributed by atoms with E-state index in [0.29, 0.717) is 5.69 Å². The minimum atomic E-state index is -0.495. The average molecular weight is 362 g/mol. The molecule has 2 N–H and O–H groups in total. The normalized spacial score (nSPS) is 10.4. The second-order valence-corrected chi connectivity index (χ2v) is 5.21. The summed E-state index contributed by atoms with van der Waals surface area (Å²) in [4.78, 5) is 21.7. The molecule has 0 radical (unpaired) electrons. The number of benzene rings is 2. The fourth-order valence-corrected chi connectivity index (χ4v) is 2.07. The Kier molecular flexibility index (Phi) is 5.26. The van der Waals surface area contributed by atoms with Crippen LogP contribution in [0.2, 0.25) is 0 Å². The number of hydrogen-bond acceptors (Lipinski definition) is 3. The van der Waals surface area contributed by atoms with Gasteiger partial charge in [-0.2, -0.15) is 0 Å². The fraction of sp³-hybridized carbons (Fsp3) is 0. The van der Waals surface area contributed by atoms with E-state index in [2.05, 4.69) is 26.6 Å². The number of nitro groups is 1. The molecule has 0 aliphatic rings. The van der Waals surface area contributed by atoms with Gasteiger partial charge in [-0.05, 0) is 35.9 Å². The molecule has 2 rings (SSSR count). The summed E-state index contributed by atoms with van der Waals surface area (Å²) in [5.74, 6) is 0. The highest BCUT2D eigenvalue weighted by molar-refractivity contribution is 9.10. The van der Waals surface area contributed by atoms with Crippen LogP contribution in [-0.2, 0) is 0 Å². The van der Waals surface area contributed by atoms with Crippen molar-refractivity contribution in [2.45, 2.75) is 0 Å². The molecule has 0 aliphatic heterocycles.